The number of carbonyl (C=O) groups is 1. The predicted molar refractivity (Wildman–Crippen MR) is 109 cm³/mol. The highest BCUT2D eigenvalue weighted by atomic mass is 35.5. The Bertz CT molecular complexity index is 995. The van der Waals surface area contributed by atoms with Crippen molar-refractivity contribution in [1.29, 1.82) is 0 Å². The summed E-state index contributed by atoms with van der Waals surface area (Å²) in [4.78, 5) is 11.8. The molecule has 0 spiro atoms. The van der Waals surface area contributed by atoms with Crippen LogP contribution in [0.25, 0.3) is 5.69 Å². The van der Waals surface area contributed by atoms with Crippen molar-refractivity contribution in [2.24, 2.45) is 5.10 Å². The molecule has 1 N–H and O–H groups in total. The molecule has 0 radical (unpaired) electrons. The molecule has 2 aromatic heterocycles. The molecule has 0 amide bonds. The molecular formula is C20H20ClN5O2. The zero-order valence-corrected chi connectivity index (χ0v) is 16.6. The second-order valence-electron chi connectivity index (χ2n) is 6.04. The second-order valence-corrected chi connectivity index (χ2v) is 6.43. The van der Waals surface area contributed by atoms with Crippen molar-refractivity contribution in [3.8, 4) is 5.69 Å². The fraction of sp³-hybridized carbons (Fsp3) is 0.200. The van der Waals surface area contributed by atoms with E-state index in [0.29, 0.717) is 23.1 Å². The minimum absolute atomic E-state index is 0.320. The molecule has 0 bridgehead atoms. The first-order chi connectivity index (χ1) is 13.5. The first-order valence-corrected chi connectivity index (χ1v) is 9.12. The number of nitrogens with zero attached hydrogens (tertiary/aromatic N) is 4. The van der Waals surface area contributed by atoms with Gasteiger partial charge < -0.3 is 9.30 Å². The molecule has 0 aliphatic rings. The number of hydrogen-bond acceptors (Lipinski definition) is 6. The number of rotatable bonds is 6. The summed E-state index contributed by atoms with van der Waals surface area (Å²) in [6.45, 7) is 6.17. The molecule has 0 unspecified atom stereocenters. The Morgan fingerprint density at radius 1 is 1.21 bits per heavy atom. The highest BCUT2D eigenvalue weighted by Gasteiger charge is 2.11. The van der Waals surface area contributed by atoms with Gasteiger partial charge in [0.25, 0.3) is 0 Å². The Hall–Kier alpha value is -3.19. The molecule has 144 valence electrons. The van der Waals surface area contributed by atoms with Gasteiger partial charge in [-0.1, -0.05) is 11.6 Å². The molecule has 0 aliphatic heterocycles. The predicted octanol–water partition coefficient (Wildman–Crippen LogP) is 4.16. The number of benzene rings is 1. The number of halogens is 1. The number of anilines is 1. The average molecular weight is 398 g/mol. The van der Waals surface area contributed by atoms with Crippen LogP contribution in [0.2, 0.25) is 5.15 Å². The lowest BCUT2D eigenvalue weighted by Crippen LogP contribution is -2.05. The van der Waals surface area contributed by atoms with E-state index in [4.69, 9.17) is 16.3 Å². The van der Waals surface area contributed by atoms with E-state index < -0.39 is 0 Å². The molecule has 1 aromatic carbocycles. The molecule has 7 nitrogen and oxygen atoms in total. The fourth-order valence-corrected chi connectivity index (χ4v) is 2.92. The van der Waals surface area contributed by atoms with Crippen LogP contribution in [0.4, 0.5) is 5.82 Å². The molecule has 2 heterocycles. The van der Waals surface area contributed by atoms with E-state index >= 15 is 0 Å². The van der Waals surface area contributed by atoms with Crippen LogP contribution in [0.1, 0.15) is 34.2 Å². The molecule has 0 saturated carbocycles. The number of carbonyl (C=O) groups excluding carboxylic acids is 1. The minimum atomic E-state index is -0.320. The third-order valence-electron chi connectivity index (χ3n) is 4.12. The van der Waals surface area contributed by atoms with Crippen LogP contribution in [0, 0.1) is 13.8 Å². The highest BCUT2D eigenvalue weighted by Crippen LogP contribution is 2.20. The molecule has 3 aromatic rings. The zero-order valence-electron chi connectivity index (χ0n) is 15.8. The average Bonchev–Trinajstić information content (AvgIpc) is 2.97. The summed E-state index contributed by atoms with van der Waals surface area (Å²) in [5.74, 6) is 0.184. The lowest BCUT2D eigenvalue weighted by molar-refractivity contribution is 0.0526. The Labute approximate surface area is 168 Å². The number of hydrogen-bond donors (Lipinski definition) is 1. The van der Waals surface area contributed by atoms with Crippen molar-refractivity contribution in [3.05, 3.63) is 70.1 Å². The van der Waals surface area contributed by atoms with Gasteiger partial charge in [0.15, 0.2) is 11.0 Å². The van der Waals surface area contributed by atoms with Gasteiger partial charge >= 0.3 is 5.97 Å². The van der Waals surface area contributed by atoms with E-state index in [2.05, 4.69) is 25.3 Å². The number of aromatic nitrogens is 3. The normalized spacial score (nSPS) is 11.0. The fourth-order valence-electron chi connectivity index (χ4n) is 2.82. The summed E-state index contributed by atoms with van der Waals surface area (Å²) in [7, 11) is 0. The quantitative estimate of drug-likeness (QED) is 0.383. The van der Waals surface area contributed by atoms with Crippen LogP contribution < -0.4 is 5.43 Å². The van der Waals surface area contributed by atoms with Gasteiger partial charge in [0, 0.05) is 22.6 Å². The van der Waals surface area contributed by atoms with Crippen LogP contribution in [0.3, 0.4) is 0 Å². The molecule has 0 fully saturated rings. The van der Waals surface area contributed by atoms with Gasteiger partial charge in [0.1, 0.15) is 0 Å². The molecule has 0 aliphatic carbocycles. The van der Waals surface area contributed by atoms with Gasteiger partial charge in [0.2, 0.25) is 0 Å². The Kier molecular flexibility index (Phi) is 6.06. The van der Waals surface area contributed by atoms with Crippen molar-refractivity contribution in [1.82, 2.24) is 14.8 Å². The van der Waals surface area contributed by atoms with E-state index in [1.165, 1.54) is 0 Å². The third-order valence-corrected chi connectivity index (χ3v) is 4.32. The summed E-state index contributed by atoms with van der Waals surface area (Å²) >= 11 is 5.72. The Morgan fingerprint density at radius 3 is 2.61 bits per heavy atom. The van der Waals surface area contributed by atoms with E-state index in [0.717, 1.165) is 22.6 Å². The van der Waals surface area contributed by atoms with Gasteiger partial charge in [-0.2, -0.15) is 5.10 Å². The number of esters is 1. The first kappa shape index (κ1) is 19.6. The monoisotopic (exact) mass is 397 g/mol. The van der Waals surface area contributed by atoms with E-state index in [9.17, 15) is 4.79 Å². The molecule has 8 heteroatoms. The van der Waals surface area contributed by atoms with E-state index in [1.54, 1.807) is 37.4 Å². The lowest BCUT2D eigenvalue weighted by atomic mass is 10.2. The zero-order chi connectivity index (χ0) is 20.1. The SMILES string of the molecule is CCOC(=O)c1ccc(-n2c(C)cc(/C=N\Nc3ccc(Cl)nn3)c2C)cc1. The van der Waals surface area contributed by atoms with Gasteiger partial charge in [-0.25, -0.2) is 4.79 Å². The molecular weight excluding hydrogens is 378 g/mol. The van der Waals surface area contributed by atoms with Crippen molar-refractivity contribution < 1.29 is 9.53 Å². The van der Waals surface area contributed by atoms with Crippen LogP contribution in [0.5, 0.6) is 0 Å². The maximum atomic E-state index is 11.8. The van der Waals surface area contributed by atoms with Gasteiger partial charge in [-0.15, -0.1) is 10.2 Å². The van der Waals surface area contributed by atoms with Crippen LogP contribution >= 0.6 is 11.6 Å². The lowest BCUT2D eigenvalue weighted by Gasteiger charge is -2.10. The number of aryl methyl sites for hydroxylation is 1. The smallest absolute Gasteiger partial charge is 0.338 e. The van der Waals surface area contributed by atoms with Crippen molar-refractivity contribution in [2.75, 3.05) is 12.0 Å². The summed E-state index contributed by atoms with van der Waals surface area (Å²) in [6.07, 6.45) is 1.72. The Balaban J connectivity index is 1.78. The van der Waals surface area contributed by atoms with Crippen molar-refractivity contribution in [3.63, 3.8) is 0 Å². The molecule has 0 atom stereocenters. The number of hydrazone groups is 1. The summed E-state index contributed by atoms with van der Waals surface area (Å²) < 4.78 is 7.12. The highest BCUT2D eigenvalue weighted by molar-refractivity contribution is 6.29. The number of ether oxygens (including phenoxy) is 1. The topological polar surface area (TPSA) is 81.4 Å². The third kappa shape index (κ3) is 4.37. The van der Waals surface area contributed by atoms with Gasteiger partial charge in [0.05, 0.1) is 18.4 Å². The summed E-state index contributed by atoms with van der Waals surface area (Å²) in [5.41, 5.74) is 7.34. The summed E-state index contributed by atoms with van der Waals surface area (Å²) in [6, 6.07) is 12.7. The maximum Gasteiger partial charge on any atom is 0.338 e. The molecule has 28 heavy (non-hydrogen) atoms. The summed E-state index contributed by atoms with van der Waals surface area (Å²) in [5, 5.41) is 12.2. The van der Waals surface area contributed by atoms with Crippen LogP contribution in [-0.2, 0) is 4.74 Å². The number of nitrogens with one attached hydrogen (secondary N) is 1. The van der Waals surface area contributed by atoms with Crippen LogP contribution in [-0.4, -0.2) is 33.6 Å². The Morgan fingerprint density at radius 2 is 1.96 bits per heavy atom. The first-order valence-electron chi connectivity index (χ1n) is 8.74. The van der Waals surface area contributed by atoms with Gasteiger partial charge in [-0.05, 0) is 63.2 Å². The van der Waals surface area contributed by atoms with E-state index in [1.807, 2.05) is 32.0 Å². The molecule has 0 saturated heterocycles. The molecule has 3 rings (SSSR count). The van der Waals surface area contributed by atoms with E-state index in [-0.39, 0.29) is 5.97 Å². The minimum Gasteiger partial charge on any atom is -0.462 e. The van der Waals surface area contributed by atoms with Crippen molar-refractivity contribution >= 4 is 29.6 Å². The standard InChI is InChI=1S/C20H20ClN5O2/c1-4-28-20(27)15-5-7-17(8-6-15)26-13(2)11-16(14(26)3)12-22-24-19-10-9-18(21)23-25-19/h5-12H,4H2,1-3H3,(H,24,25)/b22-12-. The second kappa shape index (κ2) is 8.67. The van der Waals surface area contributed by atoms with Crippen LogP contribution in [0.15, 0.2) is 47.6 Å². The largest absolute Gasteiger partial charge is 0.462 e. The maximum absolute atomic E-state index is 11.8. The van der Waals surface area contributed by atoms with Gasteiger partial charge in [-0.3, -0.25) is 5.43 Å². The van der Waals surface area contributed by atoms with Crippen molar-refractivity contribution in [2.45, 2.75) is 20.8 Å².